The topological polar surface area (TPSA) is 66.8 Å². The summed E-state index contributed by atoms with van der Waals surface area (Å²) >= 11 is 0. The maximum atomic E-state index is 11.5. The van der Waals surface area contributed by atoms with E-state index in [0.717, 1.165) is 19.3 Å². The van der Waals surface area contributed by atoms with Crippen LogP contribution in [0.25, 0.3) is 0 Å². The zero-order valence-corrected chi connectivity index (χ0v) is 11.2. The molecule has 1 aliphatic rings. The van der Waals surface area contributed by atoms with Crippen molar-refractivity contribution in [2.45, 2.75) is 64.1 Å². The summed E-state index contributed by atoms with van der Waals surface area (Å²) in [5.74, 6) is 0.0847. The summed E-state index contributed by atoms with van der Waals surface area (Å²) in [5, 5.41) is 18.7. The van der Waals surface area contributed by atoms with Crippen LogP contribution in [-0.2, 0) is 9.53 Å². The molecule has 0 aromatic rings. The Hall–Kier alpha value is -0.610. The summed E-state index contributed by atoms with van der Waals surface area (Å²) in [4.78, 5) is 11.5. The van der Waals surface area contributed by atoms with E-state index < -0.39 is 12.2 Å². The molecule has 1 fully saturated rings. The Bertz CT molecular complexity index is 236. The number of hydrogen-bond acceptors (Lipinski definition) is 4. The number of aliphatic hydroxyl groups excluding tert-OH is 2. The van der Waals surface area contributed by atoms with E-state index in [1.165, 1.54) is 19.3 Å². The molecule has 1 aliphatic carbocycles. The van der Waals surface area contributed by atoms with Gasteiger partial charge in [0.05, 0.1) is 6.61 Å². The Balaban J connectivity index is 2.46. The van der Waals surface area contributed by atoms with Crippen molar-refractivity contribution in [3.8, 4) is 0 Å². The van der Waals surface area contributed by atoms with Crippen molar-refractivity contribution in [2.24, 2.45) is 5.92 Å². The fourth-order valence-corrected chi connectivity index (χ4v) is 2.36. The van der Waals surface area contributed by atoms with E-state index in [0.29, 0.717) is 12.3 Å². The second-order valence-corrected chi connectivity index (χ2v) is 5.04. The molecule has 0 heterocycles. The molecule has 1 radical (unpaired) electrons. The average molecular weight is 257 g/mol. The van der Waals surface area contributed by atoms with E-state index in [1.54, 1.807) is 0 Å². The molecule has 2 N–H and O–H groups in total. The van der Waals surface area contributed by atoms with Crippen LogP contribution in [0.5, 0.6) is 0 Å². The molecule has 18 heavy (non-hydrogen) atoms. The third-order valence-corrected chi connectivity index (χ3v) is 3.40. The van der Waals surface area contributed by atoms with Crippen LogP contribution in [0.1, 0.15) is 51.9 Å². The minimum Gasteiger partial charge on any atom is -0.459 e. The lowest BCUT2D eigenvalue weighted by atomic mass is 9.84. The number of carbonyl (C=O) groups is 1. The number of esters is 1. The van der Waals surface area contributed by atoms with Gasteiger partial charge in [-0.3, -0.25) is 4.79 Å². The van der Waals surface area contributed by atoms with E-state index >= 15 is 0 Å². The number of carbonyl (C=O) groups excluding carboxylic acids is 1. The molecule has 0 aromatic carbocycles. The molecule has 0 bridgehead atoms. The molecule has 0 aliphatic heterocycles. The molecule has 0 aromatic heterocycles. The summed E-state index contributed by atoms with van der Waals surface area (Å²) in [5.41, 5.74) is 0. The van der Waals surface area contributed by atoms with Gasteiger partial charge in [0.15, 0.2) is 0 Å². The van der Waals surface area contributed by atoms with Gasteiger partial charge in [-0.1, -0.05) is 39.0 Å². The smallest absolute Gasteiger partial charge is 0.306 e. The van der Waals surface area contributed by atoms with Crippen molar-refractivity contribution in [3.05, 3.63) is 6.42 Å². The summed E-state index contributed by atoms with van der Waals surface area (Å²) < 4.78 is 5.24. The van der Waals surface area contributed by atoms with Crippen LogP contribution in [0.2, 0.25) is 0 Å². The van der Waals surface area contributed by atoms with Crippen molar-refractivity contribution in [2.75, 3.05) is 6.61 Å². The van der Waals surface area contributed by atoms with Crippen molar-refractivity contribution >= 4 is 5.97 Å². The number of rotatable bonds is 7. The largest absolute Gasteiger partial charge is 0.459 e. The van der Waals surface area contributed by atoms with Crippen LogP contribution < -0.4 is 0 Å². The molecule has 0 amide bonds. The predicted molar refractivity (Wildman–Crippen MR) is 68.8 cm³/mol. The van der Waals surface area contributed by atoms with Crippen LogP contribution in [0.4, 0.5) is 0 Å². The molecule has 0 saturated heterocycles. The van der Waals surface area contributed by atoms with Gasteiger partial charge in [-0.15, -0.1) is 0 Å². The van der Waals surface area contributed by atoms with Gasteiger partial charge in [-0.25, -0.2) is 0 Å². The summed E-state index contributed by atoms with van der Waals surface area (Å²) in [6.07, 6.45) is 7.11. The van der Waals surface area contributed by atoms with E-state index in [9.17, 15) is 9.90 Å². The second-order valence-electron chi connectivity index (χ2n) is 5.04. The Labute approximate surface area is 109 Å². The van der Waals surface area contributed by atoms with Crippen molar-refractivity contribution in [1.82, 2.24) is 0 Å². The van der Waals surface area contributed by atoms with Gasteiger partial charge >= 0.3 is 5.97 Å². The molecule has 105 valence electrons. The zero-order valence-electron chi connectivity index (χ0n) is 11.2. The molecule has 1 saturated carbocycles. The Morgan fingerprint density at radius 1 is 1.39 bits per heavy atom. The zero-order chi connectivity index (χ0) is 13.4. The lowest BCUT2D eigenvalue weighted by Gasteiger charge is -2.28. The third kappa shape index (κ3) is 5.36. The van der Waals surface area contributed by atoms with Crippen molar-refractivity contribution < 1.29 is 19.7 Å². The number of hydrogen-bond donors (Lipinski definition) is 2. The van der Waals surface area contributed by atoms with Crippen LogP contribution in [0, 0.1) is 12.3 Å². The maximum Gasteiger partial charge on any atom is 0.306 e. The first kappa shape index (κ1) is 15.4. The van der Waals surface area contributed by atoms with Crippen LogP contribution in [0.3, 0.4) is 0 Å². The lowest BCUT2D eigenvalue weighted by molar-refractivity contribution is -0.154. The monoisotopic (exact) mass is 257 g/mol. The van der Waals surface area contributed by atoms with Gasteiger partial charge < -0.3 is 14.9 Å². The highest BCUT2D eigenvalue weighted by atomic mass is 16.6. The van der Waals surface area contributed by atoms with E-state index in [2.05, 4.69) is 0 Å². The fraction of sp³-hybridized carbons (Fsp3) is 0.857. The number of aliphatic hydroxyl groups is 2. The molecule has 0 spiro atoms. The molecular weight excluding hydrogens is 232 g/mol. The fourth-order valence-electron chi connectivity index (χ4n) is 2.36. The van der Waals surface area contributed by atoms with E-state index in [-0.39, 0.29) is 12.6 Å². The van der Waals surface area contributed by atoms with Crippen LogP contribution >= 0.6 is 0 Å². The molecule has 1 rings (SSSR count). The number of ether oxygens (including phenoxy) is 1. The van der Waals surface area contributed by atoms with E-state index in [4.69, 9.17) is 9.84 Å². The van der Waals surface area contributed by atoms with Crippen molar-refractivity contribution in [3.63, 3.8) is 0 Å². The highest BCUT2D eigenvalue weighted by Gasteiger charge is 2.27. The molecule has 2 atom stereocenters. The van der Waals surface area contributed by atoms with Crippen LogP contribution in [0.15, 0.2) is 0 Å². The average Bonchev–Trinajstić information content (AvgIpc) is 2.38. The van der Waals surface area contributed by atoms with Gasteiger partial charge in [-0.05, 0) is 12.3 Å². The Morgan fingerprint density at radius 2 is 2.06 bits per heavy atom. The highest BCUT2D eigenvalue weighted by molar-refractivity contribution is 5.69. The van der Waals surface area contributed by atoms with Gasteiger partial charge in [0.25, 0.3) is 0 Å². The summed E-state index contributed by atoms with van der Waals surface area (Å²) in [6.45, 7) is 1.52. The molecule has 2 unspecified atom stereocenters. The van der Waals surface area contributed by atoms with Gasteiger partial charge in [0.2, 0.25) is 0 Å². The van der Waals surface area contributed by atoms with Crippen LogP contribution in [-0.4, -0.2) is 35.0 Å². The minimum atomic E-state index is -1.01. The first-order valence-electron chi connectivity index (χ1n) is 7.00. The molecule has 4 heteroatoms. The lowest BCUT2D eigenvalue weighted by Crippen LogP contribution is -2.36. The Kier molecular flexibility index (Phi) is 7.28. The maximum absolute atomic E-state index is 11.5. The van der Waals surface area contributed by atoms with Gasteiger partial charge in [0, 0.05) is 12.8 Å². The predicted octanol–water partition coefficient (Wildman–Crippen LogP) is 1.84. The standard InChI is InChI=1S/C14H25O4/c1-2-6-14(17)18-13(12(16)10-15)9-11-7-4-3-5-8-11/h9,11-13,15-16H,2-8,10H2,1H3. The van der Waals surface area contributed by atoms with Gasteiger partial charge in [-0.2, -0.15) is 0 Å². The quantitative estimate of drug-likeness (QED) is 0.683. The van der Waals surface area contributed by atoms with Crippen molar-refractivity contribution in [1.29, 1.82) is 0 Å². The minimum absolute atomic E-state index is 0.304. The first-order valence-corrected chi connectivity index (χ1v) is 7.00. The van der Waals surface area contributed by atoms with Gasteiger partial charge in [0.1, 0.15) is 12.2 Å². The van der Waals surface area contributed by atoms with E-state index in [1.807, 2.05) is 13.3 Å². The molecule has 4 nitrogen and oxygen atoms in total. The normalized spacial score (nSPS) is 20.4. The SMILES string of the molecule is CCCC(=O)OC([CH]C1CCCCC1)C(O)CO. The summed E-state index contributed by atoms with van der Waals surface area (Å²) in [7, 11) is 0. The first-order chi connectivity index (χ1) is 8.67. The second kappa shape index (κ2) is 8.48. The Morgan fingerprint density at radius 3 is 2.61 bits per heavy atom. The summed E-state index contributed by atoms with van der Waals surface area (Å²) in [6, 6.07) is 0. The highest BCUT2D eigenvalue weighted by Crippen LogP contribution is 2.28. The molecular formula is C14H25O4. The third-order valence-electron chi connectivity index (χ3n) is 3.40.